The number of hydrogen-bond donors (Lipinski definition) is 1. The van der Waals surface area contributed by atoms with E-state index in [1.165, 1.54) is 30.5 Å². The van der Waals surface area contributed by atoms with Crippen LogP contribution in [0.2, 0.25) is 0 Å². The van der Waals surface area contributed by atoms with E-state index < -0.39 is 18.0 Å². The second-order valence-electron chi connectivity index (χ2n) is 6.11. The van der Waals surface area contributed by atoms with Gasteiger partial charge in [-0.2, -0.15) is 5.26 Å². The van der Waals surface area contributed by atoms with Crippen molar-refractivity contribution < 1.29 is 27.4 Å². The fraction of sp³-hybridized carbons (Fsp3) is 0.174. The second-order valence-corrected chi connectivity index (χ2v) is 7.02. The molecule has 0 fully saturated rings. The molecular weight excluding hydrogens is 503 g/mol. The van der Waals surface area contributed by atoms with E-state index in [4.69, 9.17) is 10.00 Å². The molecule has 6 nitrogen and oxygen atoms in total. The van der Waals surface area contributed by atoms with Gasteiger partial charge in [-0.3, -0.25) is 4.79 Å². The molecule has 1 amide bonds. The Bertz CT molecular complexity index is 1110. The maximum absolute atomic E-state index is 12.6. The van der Waals surface area contributed by atoms with Gasteiger partial charge < -0.3 is 14.8 Å². The number of carbonyl (C=O) groups excluding carboxylic acids is 1. The molecule has 0 saturated heterocycles. The van der Waals surface area contributed by atoms with Crippen molar-refractivity contribution in [3.8, 4) is 23.4 Å². The van der Waals surface area contributed by atoms with Gasteiger partial charge in [-0.15, -0.1) is 13.2 Å². The van der Waals surface area contributed by atoms with E-state index in [2.05, 4.69) is 31.0 Å². The summed E-state index contributed by atoms with van der Waals surface area (Å²) in [4.78, 5) is 16.4. The minimum atomic E-state index is -4.85. The fourth-order valence-corrected chi connectivity index (χ4v) is 2.81. The van der Waals surface area contributed by atoms with Crippen molar-refractivity contribution in [2.75, 3.05) is 0 Å². The molecule has 0 saturated carbocycles. The van der Waals surface area contributed by atoms with Crippen LogP contribution in [-0.4, -0.2) is 17.3 Å². The van der Waals surface area contributed by atoms with E-state index in [1.54, 1.807) is 30.3 Å². The van der Waals surface area contributed by atoms with E-state index >= 15 is 0 Å². The van der Waals surface area contributed by atoms with Crippen molar-refractivity contribution in [1.29, 1.82) is 5.26 Å². The summed E-state index contributed by atoms with van der Waals surface area (Å²) in [5, 5.41) is 11.3. The molecule has 0 bridgehead atoms. The van der Waals surface area contributed by atoms with Crippen LogP contribution in [0.15, 0.2) is 65.3 Å². The zero-order chi connectivity index (χ0) is 24.4. The highest BCUT2D eigenvalue weighted by Gasteiger charge is 2.32. The number of benzene rings is 2. The molecule has 0 aliphatic heterocycles. The molecular formula is C23H19BrF3N3O3. The molecule has 2 aromatic carbocycles. The van der Waals surface area contributed by atoms with Crippen molar-refractivity contribution in [2.24, 2.45) is 0 Å². The minimum absolute atomic E-state index is 0.155. The SMILES string of the molecule is CC.N#Cc1ccc(Oc2ccc(C(=O)NCc3ccc(Br)cc3OC(F)(F)F)cn2)cc1. The number of carbonyl (C=O) groups is 1. The monoisotopic (exact) mass is 521 g/mol. The number of ether oxygens (including phenoxy) is 2. The van der Waals surface area contributed by atoms with Gasteiger partial charge in [0.2, 0.25) is 5.88 Å². The smallest absolute Gasteiger partial charge is 0.439 e. The summed E-state index contributed by atoms with van der Waals surface area (Å²) in [5.41, 5.74) is 0.840. The van der Waals surface area contributed by atoms with E-state index in [-0.39, 0.29) is 23.6 Å². The zero-order valence-electron chi connectivity index (χ0n) is 17.6. The molecule has 33 heavy (non-hydrogen) atoms. The van der Waals surface area contributed by atoms with E-state index in [1.807, 2.05) is 19.9 Å². The Balaban J connectivity index is 0.00000187. The van der Waals surface area contributed by atoms with Gasteiger partial charge in [0, 0.05) is 28.8 Å². The van der Waals surface area contributed by atoms with Crippen LogP contribution >= 0.6 is 15.9 Å². The Hall–Kier alpha value is -3.58. The molecule has 3 rings (SSSR count). The third-order valence-corrected chi connectivity index (χ3v) is 4.39. The van der Waals surface area contributed by atoms with Crippen LogP contribution < -0.4 is 14.8 Å². The first-order valence-electron chi connectivity index (χ1n) is 9.70. The number of nitrogens with zero attached hydrogens (tertiary/aromatic N) is 2. The summed E-state index contributed by atoms with van der Waals surface area (Å²) < 4.78 is 47.7. The molecule has 1 heterocycles. The van der Waals surface area contributed by atoms with Gasteiger partial charge >= 0.3 is 6.36 Å². The lowest BCUT2D eigenvalue weighted by atomic mass is 10.2. The van der Waals surface area contributed by atoms with Crippen molar-refractivity contribution in [1.82, 2.24) is 10.3 Å². The summed E-state index contributed by atoms with van der Waals surface area (Å²) in [6.45, 7) is 3.82. The molecule has 0 unspecified atom stereocenters. The van der Waals surface area contributed by atoms with Gasteiger partial charge in [0.15, 0.2) is 0 Å². The Labute approximate surface area is 197 Å². The van der Waals surface area contributed by atoms with Gasteiger partial charge in [0.25, 0.3) is 5.91 Å². The van der Waals surface area contributed by atoms with Crippen LogP contribution in [-0.2, 0) is 6.54 Å². The molecule has 0 aliphatic rings. The Morgan fingerprint density at radius 1 is 1.12 bits per heavy atom. The topological polar surface area (TPSA) is 84.2 Å². The van der Waals surface area contributed by atoms with Gasteiger partial charge in [-0.05, 0) is 42.5 Å². The van der Waals surface area contributed by atoms with Crippen LogP contribution in [0.4, 0.5) is 13.2 Å². The summed E-state index contributed by atoms with van der Waals surface area (Å²) >= 11 is 3.09. The van der Waals surface area contributed by atoms with Crippen molar-refractivity contribution in [2.45, 2.75) is 26.8 Å². The molecule has 10 heteroatoms. The molecule has 3 aromatic rings. The van der Waals surface area contributed by atoms with Gasteiger partial charge in [-0.25, -0.2) is 4.98 Å². The number of nitriles is 1. The maximum Gasteiger partial charge on any atom is 0.573 e. The third kappa shape index (κ3) is 8.12. The molecule has 0 radical (unpaired) electrons. The maximum atomic E-state index is 12.6. The highest BCUT2D eigenvalue weighted by Crippen LogP contribution is 2.29. The van der Waals surface area contributed by atoms with Gasteiger partial charge in [-0.1, -0.05) is 35.8 Å². The first kappa shape index (κ1) is 25.7. The first-order valence-corrected chi connectivity index (χ1v) is 10.5. The quantitative estimate of drug-likeness (QED) is 0.407. The van der Waals surface area contributed by atoms with Crippen molar-refractivity contribution >= 4 is 21.8 Å². The number of alkyl halides is 3. The van der Waals surface area contributed by atoms with Crippen molar-refractivity contribution in [3.63, 3.8) is 0 Å². The first-order chi connectivity index (χ1) is 15.7. The molecule has 0 spiro atoms. The number of aromatic nitrogens is 1. The minimum Gasteiger partial charge on any atom is -0.439 e. The van der Waals surface area contributed by atoms with Crippen LogP contribution in [0.5, 0.6) is 17.4 Å². The summed E-state index contributed by atoms with van der Waals surface area (Å²) in [7, 11) is 0. The summed E-state index contributed by atoms with van der Waals surface area (Å²) in [6, 6.07) is 15.5. The zero-order valence-corrected chi connectivity index (χ0v) is 19.2. The lowest BCUT2D eigenvalue weighted by Crippen LogP contribution is -2.24. The molecule has 172 valence electrons. The van der Waals surface area contributed by atoms with Crippen molar-refractivity contribution in [3.05, 3.63) is 82.0 Å². The van der Waals surface area contributed by atoms with Gasteiger partial charge in [0.1, 0.15) is 11.5 Å². The predicted molar refractivity (Wildman–Crippen MR) is 119 cm³/mol. The number of rotatable bonds is 6. The standard InChI is InChI=1S/C21H13BrF3N3O3.C2H6/c22-16-5-3-14(18(9-16)31-21(23,24)25)11-28-20(29)15-4-8-19(27-12-15)30-17-6-1-13(10-26)2-7-17;1-2/h1-9,12H,11H2,(H,28,29);1-2H3. The highest BCUT2D eigenvalue weighted by molar-refractivity contribution is 9.10. The van der Waals surface area contributed by atoms with Crippen LogP contribution in [0.1, 0.15) is 35.3 Å². The molecule has 0 atom stereocenters. The lowest BCUT2D eigenvalue weighted by molar-refractivity contribution is -0.274. The predicted octanol–water partition coefficient (Wildman–Crippen LogP) is 6.36. The largest absolute Gasteiger partial charge is 0.573 e. The number of nitrogens with one attached hydrogen (secondary N) is 1. The number of hydrogen-bond acceptors (Lipinski definition) is 5. The Morgan fingerprint density at radius 2 is 1.82 bits per heavy atom. The van der Waals surface area contributed by atoms with Gasteiger partial charge in [0.05, 0.1) is 17.2 Å². The Kier molecular flexibility index (Phi) is 9.24. The number of amides is 1. The average Bonchev–Trinajstić information content (AvgIpc) is 2.79. The van der Waals surface area contributed by atoms with Crippen LogP contribution in [0, 0.1) is 11.3 Å². The summed E-state index contributed by atoms with van der Waals surface area (Å²) in [5.74, 6) is -0.240. The van der Waals surface area contributed by atoms with E-state index in [9.17, 15) is 18.0 Å². The lowest BCUT2D eigenvalue weighted by Gasteiger charge is -2.14. The van der Waals surface area contributed by atoms with Crippen LogP contribution in [0.25, 0.3) is 0 Å². The Morgan fingerprint density at radius 3 is 2.39 bits per heavy atom. The molecule has 0 aliphatic carbocycles. The number of pyridine rings is 1. The molecule has 1 aromatic heterocycles. The fourth-order valence-electron chi connectivity index (χ4n) is 2.46. The summed E-state index contributed by atoms with van der Waals surface area (Å²) in [6.07, 6.45) is -3.57. The third-order valence-electron chi connectivity index (χ3n) is 3.90. The van der Waals surface area contributed by atoms with E-state index in [0.717, 1.165) is 0 Å². The molecule has 1 N–H and O–H groups in total. The normalized spacial score (nSPS) is 10.3. The van der Waals surface area contributed by atoms with Crippen LogP contribution in [0.3, 0.4) is 0 Å². The second kappa shape index (κ2) is 11.9. The average molecular weight is 522 g/mol. The van der Waals surface area contributed by atoms with E-state index in [0.29, 0.717) is 15.8 Å². The number of halogens is 4. The highest BCUT2D eigenvalue weighted by atomic mass is 79.9.